The normalized spacial score (nSPS) is 15.1. The van der Waals surface area contributed by atoms with E-state index in [0.29, 0.717) is 34.4 Å². The van der Waals surface area contributed by atoms with Crippen molar-refractivity contribution in [2.24, 2.45) is 0 Å². The number of amides is 2. The Balaban J connectivity index is 1.50. The highest BCUT2D eigenvalue weighted by Gasteiger charge is 2.31. The minimum absolute atomic E-state index is 0.137. The first kappa shape index (κ1) is 20.8. The molecule has 0 bridgehead atoms. The molecule has 1 aliphatic rings. The zero-order valence-corrected chi connectivity index (χ0v) is 17.6. The van der Waals surface area contributed by atoms with Gasteiger partial charge in [-0.25, -0.2) is 0 Å². The maximum Gasteiger partial charge on any atom is 0.268 e. The highest BCUT2D eigenvalue weighted by molar-refractivity contribution is 6.32. The summed E-state index contributed by atoms with van der Waals surface area (Å²) >= 11 is 6.05. The Kier molecular flexibility index (Phi) is 6.09. The van der Waals surface area contributed by atoms with Crippen LogP contribution in [0.25, 0.3) is 0 Å². The molecule has 158 valence electrons. The molecule has 31 heavy (non-hydrogen) atoms. The van der Waals surface area contributed by atoms with Gasteiger partial charge in [-0.2, -0.15) is 0 Å². The minimum Gasteiger partial charge on any atom is -0.482 e. The number of nitrogens with zero attached hydrogens (tertiary/aromatic N) is 1. The fraction of sp³-hybridized carbons (Fsp3) is 0.167. The molecule has 6 nitrogen and oxygen atoms in total. The van der Waals surface area contributed by atoms with Crippen molar-refractivity contribution in [1.82, 2.24) is 0 Å². The molecule has 0 spiro atoms. The van der Waals surface area contributed by atoms with E-state index in [1.165, 1.54) is 0 Å². The highest BCUT2D eigenvalue weighted by Crippen LogP contribution is 2.37. The first-order valence-electron chi connectivity index (χ1n) is 9.84. The number of para-hydroxylation sites is 1. The van der Waals surface area contributed by atoms with Gasteiger partial charge in [0.1, 0.15) is 11.5 Å². The summed E-state index contributed by atoms with van der Waals surface area (Å²) in [6.07, 6.45) is -0.583. The third-order valence-electron chi connectivity index (χ3n) is 4.83. The van der Waals surface area contributed by atoms with E-state index in [-0.39, 0.29) is 18.4 Å². The Morgan fingerprint density at radius 3 is 2.61 bits per heavy atom. The molecule has 0 aromatic heterocycles. The summed E-state index contributed by atoms with van der Waals surface area (Å²) in [7, 11) is 0. The summed E-state index contributed by atoms with van der Waals surface area (Å²) in [6.45, 7) is 1.94. The number of rotatable bonds is 6. The van der Waals surface area contributed by atoms with Gasteiger partial charge >= 0.3 is 0 Å². The van der Waals surface area contributed by atoms with Crippen LogP contribution in [0.15, 0.2) is 72.8 Å². The Hall–Kier alpha value is -3.51. The molecule has 4 rings (SSSR count). The van der Waals surface area contributed by atoms with Crippen LogP contribution < -0.4 is 19.7 Å². The zero-order chi connectivity index (χ0) is 21.8. The first-order chi connectivity index (χ1) is 15.0. The van der Waals surface area contributed by atoms with Crippen LogP contribution in [-0.4, -0.2) is 24.5 Å². The van der Waals surface area contributed by atoms with Crippen LogP contribution in [0.1, 0.15) is 12.5 Å². The Bertz CT molecular complexity index is 1100. The van der Waals surface area contributed by atoms with Crippen LogP contribution in [0.2, 0.25) is 5.02 Å². The number of carbonyl (C=O) groups excluding carboxylic acids is 2. The average Bonchev–Trinajstić information content (AvgIpc) is 2.77. The molecular formula is C24H21ClN2O4. The molecule has 0 fully saturated rings. The topological polar surface area (TPSA) is 67.9 Å². The number of carbonyl (C=O) groups is 2. The van der Waals surface area contributed by atoms with E-state index in [1.807, 2.05) is 30.3 Å². The van der Waals surface area contributed by atoms with Gasteiger partial charge < -0.3 is 19.7 Å². The lowest BCUT2D eigenvalue weighted by Crippen LogP contribution is -2.44. The molecule has 0 aliphatic carbocycles. The van der Waals surface area contributed by atoms with Crippen LogP contribution >= 0.6 is 11.6 Å². The summed E-state index contributed by atoms with van der Waals surface area (Å²) in [5.74, 6) is 0.549. The number of nitrogens with one attached hydrogen (secondary N) is 1. The number of halogens is 1. The minimum atomic E-state index is -0.583. The van der Waals surface area contributed by atoms with Gasteiger partial charge in [-0.1, -0.05) is 54.1 Å². The van der Waals surface area contributed by atoms with E-state index < -0.39 is 6.10 Å². The van der Waals surface area contributed by atoms with Crippen molar-refractivity contribution in [2.75, 3.05) is 16.8 Å². The molecule has 1 unspecified atom stereocenters. The van der Waals surface area contributed by atoms with E-state index in [1.54, 1.807) is 54.3 Å². The first-order valence-corrected chi connectivity index (χ1v) is 10.2. The second-order valence-electron chi connectivity index (χ2n) is 7.12. The molecule has 2 amide bonds. The number of anilines is 2. The Labute approximate surface area is 185 Å². The Morgan fingerprint density at radius 1 is 1.10 bits per heavy atom. The van der Waals surface area contributed by atoms with Crippen LogP contribution in [0.3, 0.4) is 0 Å². The number of hydrogen-bond donors (Lipinski definition) is 1. The third-order valence-corrected chi connectivity index (χ3v) is 5.14. The number of ether oxygens (including phenoxy) is 2. The summed E-state index contributed by atoms with van der Waals surface area (Å²) in [6, 6.07) is 21.9. The number of benzene rings is 3. The SMILES string of the molecule is CC1Oc2ccc(NC(=O)COc3ccccc3Cl)cc2N(Cc2ccccc2)C1=O. The quantitative estimate of drug-likeness (QED) is 0.609. The average molecular weight is 437 g/mol. The molecule has 7 heteroatoms. The molecular weight excluding hydrogens is 416 g/mol. The second-order valence-corrected chi connectivity index (χ2v) is 7.53. The van der Waals surface area contributed by atoms with Gasteiger partial charge in [-0.15, -0.1) is 0 Å². The van der Waals surface area contributed by atoms with Crippen molar-refractivity contribution in [3.63, 3.8) is 0 Å². The lowest BCUT2D eigenvalue weighted by molar-refractivity contribution is -0.125. The van der Waals surface area contributed by atoms with E-state index in [2.05, 4.69) is 5.32 Å². The van der Waals surface area contributed by atoms with Gasteiger partial charge in [-0.3, -0.25) is 9.59 Å². The standard InChI is InChI=1S/C24H21ClN2O4/c1-16-24(29)27(14-17-7-3-2-4-8-17)20-13-18(11-12-22(20)31-16)26-23(28)15-30-21-10-6-5-9-19(21)25/h2-13,16H,14-15H2,1H3,(H,26,28). The van der Waals surface area contributed by atoms with Gasteiger partial charge in [0.15, 0.2) is 12.7 Å². The maximum absolute atomic E-state index is 12.8. The predicted octanol–water partition coefficient (Wildman–Crippen LogP) is 4.67. The maximum atomic E-state index is 12.8. The second kappa shape index (κ2) is 9.10. The Morgan fingerprint density at radius 2 is 1.84 bits per heavy atom. The van der Waals surface area contributed by atoms with Gasteiger partial charge in [0.2, 0.25) is 0 Å². The lowest BCUT2D eigenvalue weighted by Gasteiger charge is -2.33. The van der Waals surface area contributed by atoms with Crippen LogP contribution in [0.4, 0.5) is 11.4 Å². The van der Waals surface area contributed by atoms with Crippen molar-refractivity contribution in [3.05, 3.63) is 83.4 Å². The summed E-state index contributed by atoms with van der Waals surface area (Å²) in [4.78, 5) is 26.8. The molecule has 0 saturated heterocycles. The van der Waals surface area contributed by atoms with Gasteiger partial charge in [-0.05, 0) is 42.8 Å². The van der Waals surface area contributed by atoms with Gasteiger partial charge in [0, 0.05) is 5.69 Å². The molecule has 1 heterocycles. The van der Waals surface area contributed by atoms with Crippen molar-refractivity contribution < 1.29 is 19.1 Å². The smallest absolute Gasteiger partial charge is 0.268 e. The van der Waals surface area contributed by atoms with E-state index in [0.717, 1.165) is 5.56 Å². The van der Waals surface area contributed by atoms with E-state index in [4.69, 9.17) is 21.1 Å². The number of hydrogen-bond acceptors (Lipinski definition) is 4. The van der Waals surface area contributed by atoms with Crippen LogP contribution in [0.5, 0.6) is 11.5 Å². The van der Waals surface area contributed by atoms with Crippen LogP contribution in [-0.2, 0) is 16.1 Å². The van der Waals surface area contributed by atoms with Crippen molar-refractivity contribution in [1.29, 1.82) is 0 Å². The van der Waals surface area contributed by atoms with Crippen molar-refractivity contribution >= 4 is 34.8 Å². The molecule has 0 radical (unpaired) electrons. The summed E-state index contributed by atoms with van der Waals surface area (Å²) < 4.78 is 11.2. The predicted molar refractivity (Wildman–Crippen MR) is 120 cm³/mol. The third kappa shape index (κ3) is 4.81. The molecule has 1 N–H and O–H groups in total. The van der Waals surface area contributed by atoms with E-state index >= 15 is 0 Å². The van der Waals surface area contributed by atoms with Crippen molar-refractivity contribution in [2.45, 2.75) is 19.6 Å². The van der Waals surface area contributed by atoms with Crippen molar-refractivity contribution in [3.8, 4) is 11.5 Å². The fourth-order valence-electron chi connectivity index (χ4n) is 3.32. The monoisotopic (exact) mass is 436 g/mol. The number of fused-ring (bicyclic) bond motifs is 1. The van der Waals surface area contributed by atoms with Gasteiger partial charge in [0.25, 0.3) is 11.8 Å². The molecule has 1 aliphatic heterocycles. The zero-order valence-electron chi connectivity index (χ0n) is 16.9. The summed E-state index contributed by atoms with van der Waals surface area (Å²) in [5, 5.41) is 3.23. The molecule has 1 atom stereocenters. The lowest BCUT2D eigenvalue weighted by atomic mass is 10.1. The molecule has 3 aromatic rings. The van der Waals surface area contributed by atoms with Gasteiger partial charge in [0.05, 0.1) is 17.3 Å². The fourth-order valence-corrected chi connectivity index (χ4v) is 3.51. The molecule has 3 aromatic carbocycles. The molecule has 0 saturated carbocycles. The highest BCUT2D eigenvalue weighted by atomic mass is 35.5. The van der Waals surface area contributed by atoms with Crippen LogP contribution in [0, 0.1) is 0 Å². The van der Waals surface area contributed by atoms with E-state index in [9.17, 15) is 9.59 Å². The summed E-state index contributed by atoms with van der Waals surface area (Å²) in [5.41, 5.74) is 2.14. The largest absolute Gasteiger partial charge is 0.482 e.